The normalized spacial score (nSPS) is 10.7. The van der Waals surface area contributed by atoms with Crippen LogP contribution in [0.3, 0.4) is 0 Å². The molecular weight excluding hydrogens is 352 g/mol. The molecule has 112 valence electrons. The molecule has 0 saturated heterocycles. The van der Waals surface area contributed by atoms with Crippen molar-refractivity contribution in [1.82, 2.24) is 14.8 Å². The second kappa shape index (κ2) is 7.09. The van der Waals surface area contributed by atoms with Gasteiger partial charge in [-0.3, -0.25) is 4.79 Å². The second-order valence-corrected chi connectivity index (χ2v) is 6.43. The van der Waals surface area contributed by atoms with Crippen LogP contribution in [0.5, 0.6) is 0 Å². The number of halogens is 1. The number of carbonyl (C=O) groups is 1. The zero-order valence-corrected chi connectivity index (χ0v) is 14.6. The van der Waals surface area contributed by atoms with Gasteiger partial charge in [-0.1, -0.05) is 24.8 Å². The number of rotatable bonds is 5. The highest BCUT2D eigenvalue weighted by atomic mass is 79.9. The first-order chi connectivity index (χ1) is 10.0. The Morgan fingerprint density at radius 2 is 2.19 bits per heavy atom. The zero-order valence-electron chi connectivity index (χ0n) is 12.2. The standard InChI is InChI=1S/C14H17BrN4OS/c1-4-12-17-18-14(19(12)3)21-8-13(20)16-11-6-5-9(2)7-10(11)15/h5-7H,4,8H2,1-3H3,(H,16,20). The Labute approximate surface area is 136 Å². The van der Waals surface area contributed by atoms with Gasteiger partial charge in [-0.2, -0.15) is 0 Å². The molecule has 1 N–H and O–H groups in total. The van der Waals surface area contributed by atoms with Crippen molar-refractivity contribution in [2.75, 3.05) is 11.1 Å². The summed E-state index contributed by atoms with van der Waals surface area (Å²) >= 11 is 4.83. The summed E-state index contributed by atoms with van der Waals surface area (Å²) in [5.41, 5.74) is 1.92. The number of nitrogens with zero attached hydrogens (tertiary/aromatic N) is 3. The average Bonchev–Trinajstić information content (AvgIpc) is 2.80. The van der Waals surface area contributed by atoms with Crippen molar-refractivity contribution in [2.45, 2.75) is 25.4 Å². The highest BCUT2D eigenvalue weighted by Gasteiger charge is 2.11. The monoisotopic (exact) mass is 368 g/mol. The summed E-state index contributed by atoms with van der Waals surface area (Å²) in [7, 11) is 1.91. The summed E-state index contributed by atoms with van der Waals surface area (Å²) in [4.78, 5) is 12.0. The van der Waals surface area contributed by atoms with Crippen molar-refractivity contribution in [3.05, 3.63) is 34.1 Å². The molecule has 1 amide bonds. The van der Waals surface area contributed by atoms with E-state index in [-0.39, 0.29) is 5.91 Å². The number of amides is 1. The Bertz CT molecular complexity index is 656. The number of aryl methyl sites for hydroxylation is 2. The molecule has 0 saturated carbocycles. The fourth-order valence-electron chi connectivity index (χ4n) is 1.82. The van der Waals surface area contributed by atoms with Gasteiger partial charge in [0.2, 0.25) is 5.91 Å². The number of benzene rings is 1. The van der Waals surface area contributed by atoms with Crippen LogP contribution in [0.25, 0.3) is 0 Å². The van der Waals surface area contributed by atoms with E-state index in [0.717, 1.165) is 33.1 Å². The smallest absolute Gasteiger partial charge is 0.234 e. The second-order valence-electron chi connectivity index (χ2n) is 4.63. The van der Waals surface area contributed by atoms with Crippen molar-refractivity contribution in [2.24, 2.45) is 7.05 Å². The Hall–Kier alpha value is -1.34. The van der Waals surface area contributed by atoms with Crippen molar-refractivity contribution in [1.29, 1.82) is 0 Å². The molecule has 0 bridgehead atoms. The molecule has 2 rings (SSSR count). The van der Waals surface area contributed by atoms with Gasteiger partial charge in [-0.25, -0.2) is 0 Å². The number of aromatic nitrogens is 3. The number of hydrogen-bond acceptors (Lipinski definition) is 4. The SMILES string of the molecule is CCc1nnc(SCC(=O)Nc2ccc(C)cc2Br)n1C. The van der Waals surface area contributed by atoms with Crippen LogP contribution in [0.15, 0.2) is 27.8 Å². The maximum atomic E-state index is 12.0. The van der Waals surface area contributed by atoms with Crippen molar-refractivity contribution in [3.63, 3.8) is 0 Å². The molecule has 0 atom stereocenters. The van der Waals surface area contributed by atoms with E-state index in [2.05, 4.69) is 31.4 Å². The Morgan fingerprint density at radius 3 is 2.81 bits per heavy atom. The van der Waals surface area contributed by atoms with Gasteiger partial charge >= 0.3 is 0 Å². The molecule has 7 heteroatoms. The fraction of sp³-hybridized carbons (Fsp3) is 0.357. The molecule has 1 heterocycles. The van der Waals surface area contributed by atoms with Gasteiger partial charge in [0.25, 0.3) is 0 Å². The van der Waals surface area contributed by atoms with E-state index in [1.54, 1.807) is 0 Å². The highest BCUT2D eigenvalue weighted by Crippen LogP contribution is 2.24. The van der Waals surface area contributed by atoms with Crippen LogP contribution in [0.4, 0.5) is 5.69 Å². The fourth-order valence-corrected chi connectivity index (χ4v) is 3.14. The van der Waals surface area contributed by atoms with E-state index in [9.17, 15) is 4.79 Å². The lowest BCUT2D eigenvalue weighted by molar-refractivity contribution is -0.113. The first-order valence-corrected chi connectivity index (χ1v) is 8.36. The minimum absolute atomic E-state index is 0.0643. The third kappa shape index (κ3) is 4.07. The minimum atomic E-state index is -0.0643. The van der Waals surface area contributed by atoms with Crippen LogP contribution in [-0.4, -0.2) is 26.4 Å². The topological polar surface area (TPSA) is 59.8 Å². The van der Waals surface area contributed by atoms with Gasteiger partial charge in [0.05, 0.1) is 11.4 Å². The predicted molar refractivity (Wildman–Crippen MR) is 88.6 cm³/mol. The number of anilines is 1. The van der Waals surface area contributed by atoms with Gasteiger partial charge in [0.15, 0.2) is 5.16 Å². The zero-order chi connectivity index (χ0) is 15.4. The Balaban J connectivity index is 1.94. The van der Waals surface area contributed by atoms with Crippen molar-refractivity contribution < 1.29 is 4.79 Å². The number of hydrogen-bond donors (Lipinski definition) is 1. The molecule has 1 aromatic heterocycles. The van der Waals surface area contributed by atoms with Gasteiger partial charge < -0.3 is 9.88 Å². The largest absolute Gasteiger partial charge is 0.324 e. The maximum Gasteiger partial charge on any atom is 0.234 e. The van der Waals surface area contributed by atoms with Crippen LogP contribution in [-0.2, 0) is 18.3 Å². The number of thioether (sulfide) groups is 1. The lowest BCUT2D eigenvalue weighted by Gasteiger charge is -2.08. The molecule has 0 aliphatic rings. The molecule has 0 fully saturated rings. The molecule has 21 heavy (non-hydrogen) atoms. The third-order valence-electron chi connectivity index (χ3n) is 2.97. The summed E-state index contributed by atoms with van der Waals surface area (Å²) in [6.07, 6.45) is 0.826. The van der Waals surface area contributed by atoms with Gasteiger partial charge in [0.1, 0.15) is 5.82 Å². The molecule has 0 radical (unpaired) electrons. The number of nitrogens with one attached hydrogen (secondary N) is 1. The molecule has 0 aliphatic heterocycles. The maximum absolute atomic E-state index is 12.0. The van der Waals surface area contributed by atoms with Crippen LogP contribution in [0.1, 0.15) is 18.3 Å². The van der Waals surface area contributed by atoms with Crippen molar-refractivity contribution in [3.8, 4) is 0 Å². The summed E-state index contributed by atoms with van der Waals surface area (Å²) < 4.78 is 2.80. The molecule has 1 aromatic carbocycles. The molecule has 5 nitrogen and oxygen atoms in total. The van der Waals surface area contributed by atoms with Crippen LogP contribution < -0.4 is 5.32 Å². The van der Waals surface area contributed by atoms with E-state index in [1.807, 2.05) is 43.7 Å². The Morgan fingerprint density at radius 1 is 1.43 bits per heavy atom. The van der Waals surface area contributed by atoms with E-state index in [0.29, 0.717) is 5.75 Å². The van der Waals surface area contributed by atoms with E-state index >= 15 is 0 Å². The minimum Gasteiger partial charge on any atom is -0.324 e. The predicted octanol–water partition coefficient (Wildman–Crippen LogP) is 3.18. The third-order valence-corrected chi connectivity index (χ3v) is 4.65. The van der Waals surface area contributed by atoms with Crippen molar-refractivity contribution >= 4 is 39.3 Å². The molecular formula is C14H17BrN4OS. The van der Waals surface area contributed by atoms with Gasteiger partial charge in [-0.15, -0.1) is 10.2 Å². The summed E-state index contributed by atoms with van der Waals surface area (Å²) in [5, 5.41) is 11.8. The van der Waals surface area contributed by atoms with E-state index in [1.165, 1.54) is 11.8 Å². The van der Waals surface area contributed by atoms with Gasteiger partial charge in [0, 0.05) is 17.9 Å². The van der Waals surface area contributed by atoms with E-state index in [4.69, 9.17) is 0 Å². The summed E-state index contributed by atoms with van der Waals surface area (Å²) in [5.74, 6) is 1.15. The van der Waals surface area contributed by atoms with Gasteiger partial charge in [-0.05, 0) is 40.5 Å². The quantitative estimate of drug-likeness (QED) is 0.823. The van der Waals surface area contributed by atoms with Crippen LogP contribution in [0, 0.1) is 6.92 Å². The first-order valence-electron chi connectivity index (χ1n) is 6.58. The number of carbonyl (C=O) groups excluding carboxylic acids is 1. The lowest BCUT2D eigenvalue weighted by Crippen LogP contribution is -2.15. The Kier molecular flexibility index (Phi) is 5.41. The average molecular weight is 369 g/mol. The first kappa shape index (κ1) is 16.0. The highest BCUT2D eigenvalue weighted by molar-refractivity contribution is 9.10. The lowest BCUT2D eigenvalue weighted by atomic mass is 10.2. The molecule has 0 aliphatic carbocycles. The molecule has 0 spiro atoms. The van der Waals surface area contributed by atoms with Crippen LogP contribution in [0.2, 0.25) is 0 Å². The molecule has 2 aromatic rings. The summed E-state index contributed by atoms with van der Waals surface area (Å²) in [6.45, 7) is 4.03. The van der Waals surface area contributed by atoms with E-state index < -0.39 is 0 Å². The summed E-state index contributed by atoms with van der Waals surface area (Å²) in [6, 6.07) is 5.82. The van der Waals surface area contributed by atoms with Crippen LogP contribution >= 0.6 is 27.7 Å². The molecule has 0 unspecified atom stereocenters.